The molecule has 1 saturated carbocycles. The van der Waals surface area contributed by atoms with E-state index in [0.717, 1.165) is 51.0 Å². The van der Waals surface area contributed by atoms with Crippen molar-refractivity contribution in [2.24, 2.45) is 5.73 Å². The van der Waals surface area contributed by atoms with Crippen LogP contribution in [0.3, 0.4) is 0 Å². The average molecular weight is 237 g/mol. The lowest BCUT2D eigenvalue weighted by molar-refractivity contribution is 0.0773. The second kappa shape index (κ2) is 4.38. The van der Waals surface area contributed by atoms with E-state index >= 15 is 0 Å². The van der Waals surface area contributed by atoms with E-state index in [0.29, 0.717) is 12.5 Å². The molecule has 0 aromatic carbocycles. The fourth-order valence-corrected chi connectivity index (χ4v) is 2.77. The van der Waals surface area contributed by atoms with Gasteiger partial charge in [0.25, 0.3) is 0 Å². The van der Waals surface area contributed by atoms with Crippen LogP contribution in [0.5, 0.6) is 0 Å². The average Bonchev–Trinajstić information content (AvgIpc) is 2.99. The molecule has 94 valence electrons. The molecule has 1 saturated heterocycles. The molecule has 1 aliphatic heterocycles. The van der Waals surface area contributed by atoms with Gasteiger partial charge in [0.05, 0.1) is 12.1 Å². The Kier molecular flexibility index (Phi) is 2.88. The van der Waals surface area contributed by atoms with E-state index in [1.807, 2.05) is 0 Å². The fourth-order valence-electron chi connectivity index (χ4n) is 2.77. The predicted octanol–water partition coefficient (Wildman–Crippen LogP) is 1.69. The van der Waals surface area contributed by atoms with Crippen LogP contribution in [-0.2, 0) is 10.3 Å². The summed E-state index contributed by atoms with van der Waals surface area (Å²) >= 11 is 0. The second-order valence-corrected chi connectivity index (χ2v) is 5.24. The molecule has 0 amide bonds. The van der Waals surface area contributed by atoms with E-state index in [4.69, 9.17) is 15.0 Å². The molecule has 3 rings (SSSR count). The number of hydrogen-bond acceptors (Lipinski definition) is 5. The Morgan fingerprint density at radius 1 is 1.24 bits per heavy atom. The molecule has 1 aromatic rings. The van der Waals surface area contributed by atoms with E-state index in [1.165, 1.54) is 0 Å². The Morgan fingerprint density at radius 3 is 2.76 bits per heavy atom. The largest absolute Gasteiger partial charge is 0.381 e. The molecule has 0 bridgehead atoms. The molecule has 2 heterocycles. The van der Waals surface area contributed by atoms with Crippen LogP contribution in [0.4, 0.5) is 0 Å². The highest BCUT2D eigenvalue weighted by atomic mass is 16.5. The normalized spacial score (nSPS) is 28.4. The smallest absolute Gasteiger partial charge is 0.246 e. The summed E-state index contributed by atoms with van der Waals surface area (Å²) in [5.41, 5.74) is 5.92. The van der Waals surface area contributed by atoms with Gasteiger partial charge in [-0.2, -0.15) is 4.98 Å². The molecule has 17 heavy (non-hydrogen) atoms. The van der Waals surface area contributed by atoms with Gasteiger partial charge in [0.1, 0.15) is 0 Å². The van der Waals surface area contributed by atoms with Gasteiger partial charge in [-0.25, -0.2) is 0 Å². The van der Waals surface area contributed by atoms with Gasteiger partial charge < -0.3 is 15.0 Å². The van der Waals surface area contributed by atoms with Crippen molar-refractivity contribution < 1.29 is 9.26 Å². The molecule has 2 fully saturated rings. The summed E-state index contributed by atoms with van der Waals surface area (Å²) in [6.07, 6.45) is 6.37. The summed E-state index contributed by atoms with van der Waals surface area (Å²) < 4.78 is 10.8. The summed E-state index contributed by atoms with van der Waals surface area (Å²) in [4.78, 5) is 4.50. The summed E-state index contributed by atoms with van der Waals surface area (Å²) in [6, 6.07) is 0. The van der Waals surface area contributed by atoms with Gasteiger partial charge in [-0.15, -0.1) is 0 Å². The highest BCUT2D eigenvalue weighted by molar-refractivity contribution is 5.07. The van der Waals surface area contributed by atoms with Gasteiger partial charge in [0.15, 0.2) is 5.82 Å². The molecule has 5 nitrogen and oxygen atoms in total. The van der Waals surface area contributed by atoms with Gasteiger partial charge in [0.2, 0.25) is 5.89 Å². The minimum atomic E-state index is -0.374. The maximum Gasteiger partial charge on any atom is 0.246 e. The zero-order chi connectivity index (χ0) is 11.7. The predicted molar refractivity (Wildman–Crippen MR) is 61.4 cm³/mol. The number of nitrogens with zero attached hydrogens (tertiary/aromatic N) is 2. The maximum absolute atomic E-state index is 6.30. The Bertz CT molecular complexity index is 379. The first-order valence-electron chi connectivity index (χ1n) is 6.49. The van der Waals surface area contributed by atoms with Gasteiger partial charge in [-0.1, -0.05) is 18.0 Å². The molecule has 0 spiro atoms. The van der Waals surface area contributed by atoms with Crippen molar-refractivity contribution in [1.29, 1.82) is 0 Å². The third-order valence-electron chi connectivity index (χ3n) is 3.89. The van der Waals surface area contributed by atoms with Crippen LogP contribution >= 0.6 is 0 Å². The molecule has 5 heteroatoms. The van der Waals surface area contributed by atoms with Crippen LogP contribution in [0, 0.1) is 0 Å². The van der Waals surface area contributed by atoms with Crippen molar-refractivity contribution in [2.75, 3.05) is 13.2 Å². The number of hydrogen-bond donors (Lipinski definition) is 1. The summed E-state index contributed by atoms with van der Waals surface area (Å²) in [7, 11) is 0. The first kappa shape index (κ1) is 11.2. The highest BCUT2D eigenvalue weighted by Crippen LogP contribution is 2.36. The minimum absolute atomic E-state index is 0.284. The lowest BCUT2D eigenvalue weighted by atomic mass is 9.99. The summed E-state index contributed by atoms with van der Waals surface area (Å²) in [5, 5.41) is 4.08. The van der Waals surface area contributed by atoms with Crippen LogP contribution in [0.15, 0.2) is 4.52 Å². The van der Waals surface area contributed by atoms with E-state index in [1.54, 1.807) is 0 Å². The van der Waals surface area contributed by atoms with Crippen molar-refractivity contribution in [2.45, 2.75) is 50.0 Å². The van der Waals surface area contributed by atoms with Crippen molar-refractivity contribution in [3.63, 3.8) is 0 Å². The fraction of sp³-hybridized carbons (Fsp3) is 0.833. The first-order chi connectivity index (χ1) is 8.28. The third-order valence-corrected chi connectivity index (χ3v) is 3.89. The van der Waals surface area contributed by atoms with Crippen LogP contribution in [0.2, 0.25) is 0 Å². The quantitative estimate of drug-likeness (QED) is 0.847. The number of ether oxygens (including phenoxy) is 1. The van der Waals surface area contributed by atoms with E-state index < -0.39 is 0 Å². The van der Waals surface area contributed by atoms with Crippen molar-refractivity contribution in [3.8, 4) is 0 Å². The Morgan fingerprint density at radius 2 is 2.06 bits per heavy atom. The van der Waals surface area contributed by atoms with Crippen molar-refractivity contribution in [1.82, 2.24) is 10.1 Å². The standard InChI is InChI=1S/C12H19N3O2/c13-12(5-1-2-6-12)11-14-10(15-17-11)9-4-3-7-16-8-9/h9H,1-8,13H2. The van der Waals surface area contributed by atoms with Gasteiger partial charge in [-0.3, -0.25) is 0 Å². The number of nitrogens with two attached hydrogens (primary N) is 1. The van der Waals surface area contributed by atoms with E-state index in [2.05, 4.69) is 10.1 Å². The molecular weight excluding hydrogens is 218 g/mol. The Labute approximate surface area is 101 Å². The van der Waals surface area contributed by atoms with E-state index in [-0.39, 0.29) is 11.5 Å². The van der Waals surface area contributed by atoms with Crippen LogP contribution in [0.1, 0.15) is 56.2 Å². The zero-order valence-electron chi connectivity index (χ0n) is 10.0. The Hall–Kier alpha value is -0.940. The molecule has 1 atom stereocenters. The summed E-state index contributed by atoms with van der Waals surface area (Å²) in [6.45, 7) is 1.55. The maximum atomic E-state index is 6.30. The minimum Gasteiger partial charge on any atom is -0.381 e. The van der Waals surface area contributed by atoms with E-state index in [9.17, 15) is 0 Å². The van der Waals surface area contributed by atoms with Gasteiger partial charge in [-0.05, 0) is 25.7 Å². The lowest BCUT2D eigenvalue weighted by Gasteiger charge is -2.19. The molecule has 0 radical (unpaired) electrons. The molecule has 1 aromatic heterocycles. The molecular formula is C12H19N3O2. The molecule has 1 aliphatic carbocycles. The number of aromatic nitrogens is 2. The number of rotatable bonds is 2. The summed E-state index contributed by atoms with van der Waals surface area (Å²) in [5.74, 6) is 1.68. The SMILES string of the molecule is NC1(c2nc(C3CCCOC3)no2)CCCC1. The monoisotopic (exact) mass is 237 g/mol. The molecule has 2 N–H and O–H groups in total. The van der Waals surface area contributed by atoms with Crippen molar-refractivity contribution in [3.05, 3.63) is 11.7 Å². The highest BCUT2D eigenvalue weighted by Gasteiger charge is 2.37. The zero-order valence-corrected chi connectivity index (χ0v) is 10.0. The molecule has 2 aliphatic rings. The van der Waals surface area contributed by atoms with Crippen molar-refractivity contribution >= 4 is 0 Å². The van der Waals surface area contributed by atoms with Crippen LogP contribution < -0.4 is 5.73 Å². The van der Waals surface area contributed by atoms with Crippen LogP contribution in [0.25, 0.3) is 0 Å². The van der Waals surface area contributed by atoms with Crippen LogP contribution in [-0.4, -0.2) is 23.4 Å². The molecule has 1 unspecified atom stereocenters. The first-order valence-corrected chi connectivity index (χ1v) is 6.49. The van der Waals surface area contributed by atoms with Gasteiger partial charge >= 0.3 is 0 Å². The Balaban J connectivity index is 1.77. The van der Waals surface area contributed by atoms with Gasteiger partial charge in [0, 0.05) is 12.5 Å². The lowest BCUT2D eigenvalue weighted by Crippen LogP contribution is -2.33. The second-order valence-electron chi connectivity index (χ2n) is 5.24. The third kappa shape index (κ3) is 2.09. The topological polar surface area (TPSA) is 74.2 Å².